The fourth-order valence-corrected chi connectivity index (χ4v) is 0. The van der Waals surface area contributed by atoms with E-state index in [0.717, 1.165) is 0 Å². The molecule has 6 heteroatoms. The van der Waals surface area contributed by atoms with Crippen LogP contribution in [0.2, 0.25) is 0 Å². The number of rotatable bonds is 0. The van der Waals surface area contributed by atoms with Crippen molar-refractivity contribution in [1.29, 1.82) is 0 Å². The lowest BCUT2D eigenvalue weighted by Crippen LogP contribution is -1.46. The van der Waals surface area contributed by atoms with Gasteiger partial charge in [-0.15, -0.1) is 0 Å². The average molecular weight is 163 g/mol. The number of halogens is 2. The molecule has 0 saturated carbocycles. The van der Waals surface area contributed by atoms with Gasteiger partial charge in [-0.25, -0.2) is 0 Å². The predicted octanol–water partition coefficient (Wildman–Crippen LogP) is 0.914. The van der Waals surface area contributed by atoms with Crippen LogP contribution in [0.25, 0.3) is 0 Å². The van der Waals surface area contributed by atoms with Gasteiger partial charge in [0.2, 0.25) is 0 Å². The minimum atomic E-state index is -0.889. The minimum Gasteiger partial charge on any atom is -0.262 e. The van der Waals surface area contributed by atoms with Crippen molar-refractivity contribution in [2.45, 2.75) is 0 Å². The van der Waals surface area contributed by atoms with Crippen molar-refractivity contribution >= 4 is 39.5 Å². The van der Waals surface area contributed by atoms with E-state index in [-0.39, 0.29) is 0 Å². The topological polar surface area (TPSA) is 51.2 Å². The van der Waals surface area contributed by atoms with Gasteiger partial charge in [-0.1, -0.05) is 0 Å². The molecule has 0 aromatic rings. The molecule has 7 heavy (non-hydrogen) atoms. The van der Waals surface area contributed by atoms with Gasteiger partial charge in [0, 0.05) is 0 Å². The van der Waals surface area contributed by atoms with Crippen molar-refractivity contribution in [2.75, 3.05) is 0 Å². The van der Waals surface area contributed by atoms with Crippen molar-refractivity contribution in [3.8, 4) is 0 Å². The molecule has 0 aromatic heterocycles. The number of hydrogen-bond acceptors (Lipinski definition) is 3. The molecule has 42 valence electrons. The van der Waals surface area contributed by atoms with Gasteiger partial charge < -0.3 is 0 Å². The lowest BCUT2D eigenvalue weighted by Gasteiger charge is -1.48. The van der Waals surface area contributed by atoms with E-state index in [4.69, 9.17) is 13.2 Å². The summed E-state index contributed by atoms with van der Waals surface area (Å²) in [6, 6.07) is 0. The molecular weight excluding hydrogens is 163 g/mol. The van der Waals surface area contributed by atoms with E-state index in [1.807, 2.05) is 0 Å². The highest BCUT2D eigenvalue weighted by Gasteiger charge is 1.72. The molecule has 0 saturated heterocycles. The summed E-state index contributed by atoms with van der Waals surface area (Å²) in [6.07, 6.45) is 0. The van der Waals surface area contributed by atoms with Crippen LogP contribution in [0.4, 0.5) is 4.79 Å². The Bertz CT molecular complexity index is 80.9. The molecule has 0 aromatic carbocycles. The number of carbonyl (C=O) groups excluding carboxylic acids is 1. The molecule has 0 N–H and O–H groups in total. The Balaban J connectivity index is 0. The summed E-state index contributed by atoms with van der Waals surface area (Å²) < 4.78 is 15.7. The molecule has 0 heterocycles. The maximum Gasteiger partial charge on any atom is 0.335 e. The Morgan fingerprint density at radius 2 is 1.29 bits per heavy atom. The van der Waals surface area contributed by atoms with Crippen LogP contribution in [-0.2, 0) is 11.6 Å². The van der Waals surface area contributed by atoms with E-state index in [0.29, 0.717) is 0 Å². The van der Waals surface area contributed by atoms with E-state index in [1.54, 1.807) is 0 Å². The summed E-state index contributed by atoms with van der Waals surface area (Å²) in [6.45, 7) is 0. The number of carbonyl (C=O) groups is 1. The van der Waals surface area contributed by atoms with E-state index in [2.05, 4.69) is 23.2 Å². The quantitative estimate of drug-likeness (QED) is 0.498. The molecule has 3 nitrogen and oxygen atoms in total. The van der Waals surface area contributed by atoms with Gasteiger partial charge in [-0.2, -0.15) is 8.42 Å². The minimum absolute atomic E-state index is 0.750. The summed E-state index contributed by atoms with van der Waals surface area (Å²) in [7, 11) is 0. The van der Waals surface area contributed by atoms with Crippen LogP contribution in [0.3, 0.4) is 0 Å². The van der Waals surface area contributed by atoms with Crippen molar-refractivity contribution in [3.05, 3.63) is 0 Å². The Morgan fingerprint density at radius 1 is 1.29 bits per heavy atom. The van der Waals surface area contributed by atoms with Crippen LogP contribution in [0.15, 0.2) is 0 Å². The molecule has 0 aliphatic rings. The van der Waals surface area contributed by atoms with Crippen molar-refractivity contribution < 1.29 is 13.2 Å². The standard InChI is InChI=1S/CCl2O.O2S/c2-1(3)4;1-3-2. The largest absolute Gasteiger partial charge is 0.335 e. The first kappa shape index (κ1) is 10.1. The smallest absolute Gasteiger partial charge is 0.262 e. The highest BCUT2D eigenvalue weighted by Crippen LogP contribution is 1.84. The molecule has 0 spiro atoms. The van der Waals surface area contributed by atoms with Crippen molar-refractivity contribution in [2.24, 2.45) is 0 Å². The average Bonchev–Trinajstić information content (AvgIpc) is 1.33. The summed E-state index contributed by atoms with van der Waals surface area (Å²) in [5.74, 6) is 0. The Morgan fingerprint density at radius 3 is 1.29 bits per heavy atom. The van der Waals surface area contributed by atoms with E-state index in [9.17, 15) is 0 Å². The zero-order valence-corrected chi connectivity index (χ0v) is 5.22. The molecule has 0 aliphatic heterocycles. The lowest BCUT2D eigenvalue weighted by molar-refractivity contribution is 0.275. The van der Waals surface area contributed by atoms with E-state index < -0.39 is 16.3 Å². The molecular formula is CCl2O3S. The SMILES string of the molecule is O=C(Cl)Cl.O=S=O. The first-order valence-electron chi connectivity index (χ1n) is 0.915. The Kier molecular flexibility index (Phi) is 13.6. The number of hydrogen-bond donors (Lipinski definition) is 0. The molecule has 0 aliphatic carbocycles. The van der Waals surface area contributed by atoms with Crippen LogP contribution in [0.1, 0.15) is 0 Å². The van der Waals surface area contributed by atoms with Gasteiger partial charge >= 0.3 is 16.3 Å². The third-order valence-corrected chi connectivity index (χ3v) is 0. The first-order valence-corrected chi connectivity index (χ1v) is 2.34. The normalized spacial score (nSPS) is 5.43. The lowest BCUT2D eigenvalue weighted by atomic mass is 11.8. The van der Waals surface area contributed by atoms with Gasteiger partial charge in [-0.3, -0.25) is 4.79 Å². The predicted molar refractivity (Wildman–Crippen MR) is 26.0 cm³/mol. The molecule has 0 atom stereocenters. The molecule has 0 unspecified atom stereocenters. The summed E-state index contributed by atoms with van der Waals surface area (Å²) in [4.78, 5) is 8.98. The Hall–Kier alpha value is 0.0700. The zero-order chi connectivity index (χ0) is 6.28. The molecule has 0 bridgehead atoms. The van der Waals surface area contributed by atoms with E-state index in [1.165, 1.54) is 0 Å². The van der Waals surface area contributed by atoms with Crippen LogP contribution in [0, 0.1) is 0 Å². The van der Waals surface area contributed by atoms with Crippen LogP contribution in [0.5, 0.6) is 0 Å². The second-order valence-electron chi connectivity index (χ2n) is 0.294. The highest BCUT2D eigenvalue weighted by molar-refractivity contribution is 7.51. The summed E-state index contributed by atoms with van der Waals surface area (Å²) in [5.41, 5.74) is 0. The second kappa shape index (κ2) is 9.42. The van der Waals surface area contributed by atoms with Gasteiger partial charge in [0.1, 0.15) is 0 Å². The van der Waals surface area contributed by atoms with E-state index >= 15 is 0 Å². The highest BCUT2D eigenvalue weighted by atomic mass is 35.5. The van der Waals surface area contributed by atoms with Gasteiger partial charge in [-0.05, 0) is 23.2 Å². The molecule has 0 radical (unpaired) electrons. The van der Waals surface area contributed by atoms with Gasteiger partial charge in [0.25, 0.3) is 0 Å². The summed E-state index contributed by atoms with van der Waals surface area (Å²) in [5, 5.41) is 0. The van der Waals surface area contributed by atoms with Crippen molar-refractivity contribution in [1.82, 2.24) is 0 Å². The van der Waals surface area contributed by atoms with Crippen LogP contribution >= 0.6 is 23.2 Å². The van der Waals surface area contributed by atoms with Gasteiger partial charge in [0.15, 0.2) is 0 Å². The third-order valence-electron chi connectivity index (χ3n) is 0. The molecule has 0 amide bonds. The van der Waals surface area contributed by atoms with Crippen LogP contribution < -0.4 is 0 Å². The third kappa shape index (κ3) is 20500. The fourth-order valence-electron chi connectivity index (χ4n) is 0. The maximum atomic E-state index is 8.98. The monoisotopic (exact) mass is 162 g/mol. The summed E-state index contributed by atoms with van der Waals surface area (Å²) >= 11 is 8.05. The Labute approximate surface area is 53.2 Å². The van der Waals surface area contributed by atoms with Gasteiger partial charge in [0.05, 0.1) is 0 Å². The second-order valence-corrected chi connectivity index (χ2v) is 1.31. The molecule has 0 rings (SSSR count). The van der Waals surface area contributed by atoms with Crippen molar-refractivity contribution in [3.63, 3.8) is 0 Å². The first-order chi connectivity index (χ1) is 3.15. The maximum absolute atomic E-state index is 8.98. The molecule has 0 fully saturated rings. The van der Waals surface area contributed by atoms with Crippen LogP contribution in [-0.4, -0.2) is 13.1 Å². The zero-order valence-electron chi connectivity index (χ0n) is 2.89. The fraction of sp³-hybridized carbons (Fsp3) is 0.